The van der Waals surface area contributed by atoms with E-state index in [1.807, 2.05) is 11.6 Å². The van der Waals surface area contributed by atoms with Gasteiger partial charge in [0.2, 0.25) is 0 Å². The van der Waals surface area contributed by atoms with Gasteiger partial charge in [-0.05, 0) is 19.9 Å². The Morgan fingerprint density at radius 3 is 2.82 bits per heavy atom. The van der Waals surface area contributed by atoms with E-state index >= 15 is 0 Å². The lowest BCUT2D eigenvalue weighted by atomic mass is 10.3. The predicted molar refractivity (Wildman–Crippen MR) is 68.8 cm³/mol. The smallest absolute Gasteiger partial charge is 0.0597 e. The summed E-state index contributed by atoms with van der Waals surface area (Å²) in [6.07, 6.45) is 0. The van der Waals surface area contributed by atoms with Crippen LogP contribution in [0.5, 0.6) is 0 Å². The van der Waals surface area contributed by atoms with Crippen molar-refractivity contribution >= 4 is 0 Å². The molecule has 1 aromatic heterocycles. The molecule has 1 aromatic rings. The van der Waals surface area contributed by atoms with Crippen LogP contribution in [0.2, 0.25) is 0 Å². The molecule has 0 aliphatic heterocycles. The molecule has 1 rings (SSSR count). The van der Waals surface area contributed by atoms with Gasteiger partial charge in [0.15, 0.2) is 0 Å². The van der Waals surface area contributed by atoms with E-state index < -0.39 is 0 Å². The lowest BCUT2D eigenvalue weighted by Crippen LogP contribution is -2.32. The number of nitrogens with two attached hydrogens (primary N) is 1. The Labute approximate surface area is 104 Å². The number of hydrogen-bond acceptors (Lipinski definition) is 4. The average molecular weight is 240 g/mol. The van der Waals surface area contributed by atoms with Crippen LogP contribution in [0, 0.1) is 6.92 Å². The summed E-state index contributed by atoms with van der Waals surface area (Å²) in [6, 6.07) is 2.14. The van der Waals surface area contributed by atoms with E-state index in [-0.39, 0.29) is 0 Å². The number of aromatic nitrogens is 2. The van der Waals surface area contributed by atoms with Crippen LogP contribution in [0.3, 0.4) is 0 Å². The summed E-state index contributed by atoms with van der Waals surface area (Å²) in [6.45, 7) is 9.12. The van der Waals surface area contributed by atoms with Crippen LogP contribution in [-0.4, -0.2) is 48.0 Å². The molecule has 0 amide bonds. The zero-order valence-corrected chi connectivity index (χ0v) is 11.1. The van der Waals surface area contributed by atoms with Gasteiger partial charge < -0.3 is 10.5 Å². The normalized spacial score (nSPS) is 11.4. The molecule has 0 saturated carbocycles. The molecule has 1 heterocycles. The van der Waals surface area contributed by atoms with Gasteiger partial charge in [0.05, 0.1) is 18.0 Å². The minimum Gasteiger partial charge on any atom is -0.383 e. The summed E-state index contributed by atoms with van der Waals surface area (Å²) >= 11 is 0. The molecule has 2 N–H and O–H groups in total. The number of ether oxygens (including phenoxy) is 1. The predicted octanol–water partition coefficient (Wildman–Crippen LogP) is 0.619. The largest absolute Gasteiger partial charge is 0.383 e. The molecule has 98 valence electrons. The van der Waals surface area contributed by atoms with Gasteiger partial charge in [0.25, 0.3) is 0 Å². The first-order chi connectivity index (χ1) is 8.21. The quantitative estimate of drug-likeness (QED) is 0.723. The van der Waals surface area contributed by atoms with Crippen molar-refractivity contribution in [1.82, 2.24) is 14.7 Å². The molecule has 0 aromatic carbocycles. The van der Waals surface area contributed by atoms with Gasteiger partial charge in [0.1, 0.15) is 0 Å². The first-order valence-corrected chi connectivity index (χ1v) is 6.16. The highest BCUT2D eigenvalue weighted by Gasteiger charge is 2.09. The Kier molecular flexibility index (Phi) is 6.18. The number of methoxy groups -OCH3 is 1. The second-order valence-electron chi connectivity index (χ2n) is 4.15. The molecule has 0 unspecified atom stereocenters. The Bertz CT molecular complexity index is 324. The standard InChI is InChI=1S/C12H24N4O/c1-4-16-12(9-11(2)14-16)10-15(6-5-13)7-8-17-3/h9H,4-8,10,13H2,1-3H3. The van der Waals surface area contributed by atoms with Gasteiger partial charge >= 0.3 is 0 Å². The fourth-order valence-corrected chi connectivity index (χ4v) is 1.90. The van der Waals surface area contributed by atoms with Crippen LogP contribution in [0.4, 0.5) is 0 Å². The molecule has 5 nitrogen and oxygen atoms in total. The van der Waals surface area contributed by atoms with Gasteiger partial charge in [0, 0.05) is 39.8 Å². The Hall–Kier alpha value is -0.910. The van der Waals surface area contributed by atoms with Crippen molar-refractivity contribution in [2.24, 2.45) is 5.73 Å². The third-order valence-corrected chi connectivity index (χ3v) is 2.73. The van der Waals surface area contributed by atoms with Gasteiger partial charge in [-0.1, -0.05) is 0 Å². The van der Waals surface area contributed by atoms with Crippen molar-refractivity contribution < 1.29 is 4.74 Å². The van der Waals surface area contributed by atoms with Crippen LogP contribution in [0.25, 0.3) is 0 Å². The molecule has 5 heteroatoms. The Morgan fingerprint density at radius 2 is 2.24 bits per heavy atom. The summed E-state index contributed by atoms with van der Waals surface area (Å²) in [5.74, 6) is 0. The first kappa shape index (κ1) is 14.2. The molecule has 0 saturated heterocycles. The maximum atomic E-state index is 5.63. The van der Waals surface area contributed by atoms with E-state index in [0.717, 1.165) is 38.5 Å². The number of rotatable bonds is 8. The van der Waals surface area contributed by atoms with Crippen LogP contribution in [0.1, 0.15) is 18.3 Å². The van der Waals surface area contributed by atoms with Crippen molar-refractivity contribution in [3.05, 3.63) is 17.5 Å². The summed E-state index contributed by atoms with van der Waals surface area (Å²) in [4.78, 5) is 2.30. The number of aryl methyl sites for hydroxylation is 2. The zero-order valence-electron chi connectivity index (χ0n) is 11.1. The van der Waals surface area contributed by atoms with Crippen molar-refractivity contribution in [2.75, 3.05) is 33.4 Å². The summed E-state index contributed by atoms with van der Waals surface area (Å²) in [7, 11) is 1.72. The van der Waals surface area contributed by atoms with Gasteiger partial charge in [-0.15, -0.1) is 0 Å². The summed E-state index contributed by atoms with van der Waals surface area (Å²) in [5.41, 5.74) is 7.94. The molecule has 0 radical (unpaired) electrons. The minimum absolute atomic E-state index is 0.670. The molecular weight excluding hydrogens is 216 g/mol. The SMILES string of the molecule is CCn1nc(C)cc1CN(CCN)CCOC. The molecule has 0 spiro atoms. The van der Waals surface area contributed by atoms with Gasteiger partial charge in [-0.25, -0.2) is 0 Å². The second-order valence-corrected chi connectivity index (χ2v) is 4.15. The van der Waals surface area contributed by atoms with E-state index in [1.165, 1.54) is 5.69 Å². The third-order valence-electron chi connectivity index (χ3n) is 2.73. The average Bonchev–Trinajstić information content (AvgIpc) is 2.66. The molecule has 0 aliphatic carbocycles. The van der Waals surface area contributed by atoms with E-state index in [1.54, 1.807) is 7.11 Å². The molecule has 0 bridgehead atoms. The van der Waals surface area contributed by atoms with Crippen molar-refractivity contribution in [3.8, 4) is 0 Å². The monoisotopic (exact) mass is 240 g/mol. The molecule has 0 fully saturated rings. The zero-order chi connectivity index (χ0) is 12.7. The Balaban J connectivity index is 2.63. The lowest BCUT2D eigenvalue weighted by Gasteiger charge is -2.21. The molecule has 17 heavy (non-hydrogen) atoms. The first-order valence-electron chi connectivity index (χ1n) is 6.16. The van der Waals surface area contributed by atoms with E-state index in [4.69, 9.17) is 10.5 Å². The van der Waals surface area contributed by atoms with Gasteiger partial charge in [-0.3, -0.25) is 9.58 Å². The highest BCUT2D eigenvalue weighted by Crippen LogP contribution is 2.07. The Morgan fingerprint density at radius 1 is 1.47 bits per heavy atom. The lowest BCUT2D eigenvalue weighted by molar-refractivity contribution is 0.144. The van der Waals surface area contributed by atoms with Crippen LogP contribution in [0.15, 0.2) is 6.07 Å². The fraction of sp³-hybridized carbons (Fsp3) is 0.750. The highest BCUT2D eigenvalue weighted by molar-refractivity contribution is 5.08. The minimum atomic E-state index is 0.670. The van der Waals surface area contributed by atoms with Crippen LogP contribution < -0.4 is 5.73 Å². The molecule has 0 aliphatic rings. The summed E-state index contributed by atoms with van der Waals surface area (Å²) < 4.78 is 7.16. The summed E-state index contributed by atoms with van der Waals surface area (Å²) in [5, 5.41) is 4.45. The van der Waals surface area contributed by atoms with Gasteiger partial charge in [-0.2, -0.15) is 5.10 Å². The van der Waals surface area contributed by atoms with Crippen LogP contribution >= 0.6 is 0 Å². The second kappa shape index (κ2) is 7.42. The third kappa shape index (κ3) is 4.46. The number of hydrogen-bond donors (Lipinski definition) is 1. The fourth-order valence-electron chi connectivity index (χ4n) is 1.90. The van der Waals surface area contributed by atoms with Crippen molar-refractivity contribution in [1.29, 1.82) is 0 Å². The van der Waals surface area contributed by atoms with E-state index in [9.17, 15) is 0 Å². The van der Waals surface area contributed by atoms with Crippen molar-refractivity contribution in [3.63, 3.8) is 0 Å². The topological polar surface area (TPSA) is 56.3 Å². The molecule has 0 atom stereocenters. The van der Waals surface area contributed by atoms with Crippen LogP contribution in [-0.2, 0) is 17.8 Å². The number of nitrogens with zero attached hydrogens (tertiary/aromatic N) is 3. The van der Waals surface area contributed by atoms with E-state index in [2.05, 4.69) is 23.0 Å². The maximum Gasteiger partial charge on any atom is 0.0597 e. The molecular formula is C12H24N4O. The van der Waals surface area contributed by atoms with Crippen molar-refractivity contribution in [2.45, 2.75) is 26.9 Å². The highest BCUT2D eigenvalue weighted by atomic mass is 16.5. The van der Waals surface area contributed by atoms with E-state index in [0.29, 0.717) is 6.54 Å². The maximum absolute atomic E-state index is 5.63.